The smallest absolute Gasteiger partial charge is 0.216 e. The third-order valence-electron chi connectivity index (χ3n) is 3.42. The normalized spacial score (nSPS) is 27.9. The van der Waals surface area contributed by atoms with Crippen LogP contribution < -0.4 is 5.32 Å². The molecule has 90 valence electrons. The summed E-state index contributed by atoms with van der Waals surface area (Å²) in [6.07, 6.45) is 2.52. The van der Waals surface area contributed by atoms with Crippen LogP contribution in [0.1, 0.15) is 36.9 Å². The summed E-state index contributed by atoms with van der Waals surface area (Å²) in [5, 5.41) is 3.51. The SMILES string of the molecule is CC1COC(c2ccc(C3CCCN3)cc2)=N1. The standard InChI is InChI=1S/C14H18N2O/c1-10-9-17-14(16-10)12-6-4-11(5-7-12)13-3-2-8-15-13/h4-7,10,13,15H,2-3,8-9H2,1H3. The Morgan fingerprint density at radius 2 is 2.12 bits per heavy atom. The molecule has 1 fully saturated rings. The molecule has 0 spiro atoms. The van der Waals surface area contributed by atoms with Crippen molar-refractivity contribution < 1.29 is 4.74 Å². The number of aliphatic imine (C=N–C) groups is 1. The van der Waals surface area contributed by atoms with Crippen molar-refractivity contribution in [3.8, 4) is 0 Å². The third-order valence-corrected chi connectivity index (χ3v) is 3.42. The molecule has 0 aromatic heterocycles. The van der Waals surface area contributed by atoms with Gasteiger partial charge in [0.05, 0.1) is 6.04 Å². The van der Waals surface area contributed by atoms with Gasteiger partial charge in [-0.25, -0.2) is 4.99 Å². The van der Waals surface area contributed by atoms with Gasteiger partial charge in [-0.15, -0.1) is 0 Å². The van der Waals surface area contributed by atoms with Crippen molar-refractivity contribution in [1.29, 1.82) is 0 Å². The molecule has 2 aliphatic rings. The van der Waals surface area contributed by atoms with Crippen LogP contribution in [-0.4, -0.2) is 25.1 Å². The van der Waals surface area contributed by atoms with Gasteiger partial charge in [-0.1, -0.05) is 12.1 Å². The minimum atomic E-state index is 0.293. The zero-order valence-electron chi connectivity index (χ0n) is 10.1. The van der Waals surface area contributed by atoms with Gasteiger partial charge in [-0.2, -0.15) is 0 Å². The van der Waals surface area contributed by atoms with E-state index in [1.54, 1.807) is 0 Å². The van der Waals surface area contributed by atoms with E-state index in [1.807, 2.05) is 0 Å². The molecule has 0 radical (unpaired) electrons. The molecule has 3 heteroatoms. The first kappa shape index (κ1) is 10.8. The van der Waals surface area contributed by atoms with Crippen molar-refractivity contribution in [3.05, 3.63) is 35.4 Å². The maximum atomic E-state index is 5.55. The number of benzene rings is 1. The number of nitrogens with one attached hydrogen (secondary N) is 1. The highest BCUT2D eigenvalue weighted by Crippen LogP contribution is 2.23. The second-order valence-electron chi connectivity index (χ2n) is 4.87. The van der Waals surface area contributed by atoms with E-state index in [0.29, 0.717) is 18.7 Å². The monoisotopic (exact) mass is 230 g/mol. The molecule has 1 aromatic rings. The Morgan fingerprint density at radius 1 is 1.29 bits per heavy atom. The Labute approximate surface area is 102 Å². The minimum Gasteiger partial charge on any atom is -0.475 e. The van der Waals surface area contributed by atoms with Crippen molar-refractivity contribution in [2.75, 3.05) is 13.2 Å². The van der Waals surface area contributed by atoms with Crippen molar-refractivity contribution in [2.24, 2.45) is 4.99 Å². The molecule has 2 atom stereocenters. The van der Waals surface area contributed by atoms with Gasteiger partial charge in [0.2, 0.25) is 5.90 Å². The van der Waals surface area contributed by atoms with E-state index >= 15 is 0 Å². The van der Waals surface area contributed by atoms with E-state index in [2.05, 4.69) is 41.5 Å². The van der Waals surface area contributed by atoms with E-state index in [1.165, 1.54) is 18.4 Å². The van der Waals surface area contributed by atoms with Gasteiger partial charge in [0, 0.05) is 11.6 Å². The van der Waals surface area contributed by atoms with Crippen molar-refractivity contribution in [2.45, 2.75) is 31.8 Å². The first-order valence-electron chi connectivity index (χ1n) is 6.37. The van der Waals surface area contributed by atoms with Crippen LogP contribution in [0.5, 0.6) is 0 Å². The number of hydrogen-bond donors (Lipinski definition) is 1. The second kappa shape index (κ2) is 4.49. The summed E-state index contributed by atoms with van der Waals surface area (Å²) in [4.78, 5) is 4.46. The quantitative estimate of drug-likeness (QED) is 0.845. The molecule has 17 heavy (non-hydrogen) atoms. The van der Waals surface area contributed by atoms with Gasteiger partial charge in [-0.05, 0) is 44.0 Å². The first-order chi connectivity index (χ1) is 8.33. The summed E-state index contributed by atoms with van der Waals surface area (Å²) >= 11 is 0. The number of hydrogen-bond acceptors (Lipinski definition) is 3. The van der Waals surface area contributed by atoms with Crippen molar-refractivity contribution in [1.82, 2.24) is 5.32 Å². The van der Waals surface area contributed by atoms with E-state index in [0.717, 1.165) is 18.0 Å². The number of nitrogens with zero attached hydrogens (tertiary/aromatic N) is 1. The molecule has 0 bridgehead atoms. The maximum Gasteiger partial charge on any atom is 0.216 e. The Morgan fingerprint density at radius 3 is 2.71 bits per heavy atom. The lowest BCUT2D eigenvalue weighted by Crippen LogP contribution is -2.13. The lowest BCUT2D eigenvalue weighted by molar-refractivity contribution is 0.324. The average molecular weight is 230 g/mol. The Kier molecular flexibility index (Phi) is 2.85. The molecule has 2 aliphatic heterocycles. The Bertz CT molecular complexity index is 418. The fourth-order valence-corrected chi connectivity index (χ4v) is 2.46. The molecular formula is C14H18N2O. The van der Waals surface area contributed by atoms with Crippen molar-refractivity contribution >= 4 is 5.90 Å². The lowest BCUT2D eigenvalue weighted by atomic mass is 10.0. The van der Waals surface area contributed by atoms with E-state index in [4.69, 9.17) is 4.74 Å². The zero-order valence-corrected chi connectivity index (χ0v) is 10.1. The van der Waals surface area contributed by atoms with Crippen LogP contribution in [0.2, 0.25) is 0 Å². The first-order valence-corrected chi connectivity index (χ1v) is 6.37. The number of ether oxygens (including phenoxy) is 1. The summed E-state index contributed by atoms with van der Waals surface area (Å²) in [7, 11) is 0. The van der Waals surface area contributed by atoms with Crippen LogP contribution in [0.4, 0.5) is 0 Å². The molecule has 1 aromatic carbocycles. The lowest BCUT2D eigenvalue weighted by Gasteiger charge is -2.11. The fraction of sp³-hybridized carbons (Fsp3) is 0.500. The minimum absolute atomic E-state index is 0.293. The molecule has 1 saturated heterocycles. The molecule has 3 rings (SSSR count). The zero-order chi connectivity index (χ0) is 11.7. The highest BCUT2D eigenvalue weighted by molar-refractivity contribution is 5.95. The van der Waals surface area contributed by atoms with Crippen LogP contribution in [0.25, 0.3) is 0 Å². The van der Waals surface area contributed by atoms with Gasteiger partial charge in [0.25, 0.3) is 0 Å². The molecule has 1 N–H and O–H groups in total. The maximum absolute atomic E-state index is 5.55. The van der Waals surface area contributed by atoms with Crippen LogP contribution in [0.3, 0.4) is 0 Å². The molecule has 2 unspecified atom stereocenters. The average Bonchev–Trinajstić information content (AvgIpc) is 3.00. The molecule has 2 heterocycles. The van der Waals surface area contributed by atoms with Crippen LogP contribution in [0.15, 0.2) is 29.3 Å². The topological polar surface area (TPSA) is 33.6 Å². The van der Waals surface area contributed by atoms with Gasteiger partial charge >= 0.3 is 0 Å². The summed E-state index contributed by atoms with van der Waals surface area (Å²) in [5.41, 5.74) is 2.47. The summed E-state index contributed by atoms with van der Waals surface area (Å²) in [6, 6.07) is 9.44. The fourth-order valence-electron chi connectivity index (χ4n) is 2.46. The van der Waals surface area contributed by atoms with E-state index < -0.39 is 0 Å². The molecule has 0 amide bonds. The Balaban J connectivity index is 1.78. The third kappa shape index (κ3) is 2.20. The largest absolute Gasteiger partial charge is 0.475 e. The molecule has 0 saturated carbocycles. The summed E-state index contributed by atoms with van der Waals surface area (Å²) < 4.78 is 5.55. The van der Waals surface area contributed by atoms with Crippen LogP contribution in [-0.2, 0) is 4.74 Å². The van der Waals surface area contributed by atoms with Gasteiger partial charge in [0.1, 0.15) is 6.61 Å². The molecule has 0 aliphatic carbocycles. The van der Waals surface area contributed by atoms with E-state index in [9.17, 15) is 0 Å². The van der Waals surface area contributed by atoms with Crippen molar-refractivity contribution in [3.63, 3.8) is 0 Å². The van der Waals surface area contributed by atoms with E-state index in [-0.39, 0.29) is 0 Å². The molecule has 3 nitrogen and oxygen atoms in total. The molecular weight excluding hydrogens is 212 g/mol. The van der Waals surface area contributed by atoms with Crippen LogP contribution in [0, 0.1) is 0 Å². The van der Waals surface area contributed by atoms with Gasteiger partial charge in [0.15, 0.2) is 0 Å². The highest BCUT2D eigenvalue weighted by atomic mass is 16.5. The second-order valence-corrected chi connectivity index (χ2v) is 4.87. The predicted octanol–water partition coefficient (Wildman–Crippen LogP) is 2.28. The van der Waals surface area contributed by atoms with Crippen LogP contribution >= 0.6 is 0 Å². The summed E-state index contributed by atoms with van der Waals surface area (Å²) in [5.74, 6) is 0.795. The van der Waals surface area contributed by atoms with Gasteiger partial charge < -0.3 is 10.1 Å². The highest BCUT2D eigenvalue weighted by Gasteiger charge is 2.18. The van der Waals surface area contributed by atoms with Gasteiger partial charge in [-0.3, -0.25) is 0 Å². The summed E-state index contributed by atoms with van der Waals surface area (Å²) in [6.45, 7) is 3.92. The predicted molar refractivity (Wildman–Crippen MR) is 68.4 cm³/mol. The Hall–Kier alpha value is -1.35. The number of rotatable bonds is 2.